The van der Waals surface area contributed by atoms with Crippen molar-refractivity contribution in [3.05, 3.63) is 51.9 Å². The van der Waals surface area contributed by atoms with E-state index >= 15 is 0 Å². The maximum Gasteiger partial charge on any atom is 0.431 e. The topological polar surface area (TPSA) is 85.2 Å². The molecule has 0 spiro atoms. The zero-order chi connectivity index (χ0) is 18.9. The van der Waals surface area contributed by atoms with E-state index in [0.717, 1.165) is 18.9 Å². The van der Waals surface area contributed by atoms with Gasteiger partial charge in [-0.1, -0.05) is 18.6 Å². The van der Waals surface area contributed by atoms with Crippen LogP contribution in [-0.4, -0.2) is 17.5 Å². The van der Waals surface area contributed by atoms with Crippen molar-refractivity contribution in [2.24, 2.45) is 11.7 Å². The molecule has 0 atom stereocenters. The molecule has 3 rings (SSSR count). The van der Waals surface area contributed by atoms with Crippen molar-refractivity contribution in [2.75, 3.05) is 6.61 Å². The number of halogens is 3. The second-order valence-electron chi connectivity index (χ2n) is 6.30. The summed E-state index contributed by atoms with van der Waals surface area (Å²) in [6, 6.07) is 6.88. The summed E-state index contributed by atoms with van der Waals surface area (Å²) in [5.41, 5.74) is 2.01. The number of carbonyl (C=O) groups excluding carboxylic acids is 1. The fraction of sp³-hybridized carbons (Fsp3) is 0.333. The largest absolute Gasteiger partial charge is 0.493 e. The van der Waals surface area contributed by atoms with Gasteiger partial charge in [0, 0.05) is 5.56 Å². The Hall–Kier alpha value is -2.77. The minimum absolute atomic E-state index is 0.187. The van der Waals surface area contributed by atoms with E-state index in [2.05, 4.69) is 0 Å². The number of hydrogen-bond acceptors (Lipinski definition) is 3. The highest BCUT2D eigenvalue weighted by atomic mass is 19.4. The number of nitrogens with two attached hydrogens (primary N) is 1. The molecule has 1 aromatic carbocycles. The number of benzene rings is 1. The minimum Gasteiger partial charge on any atom is -0.493 e. The highest BCUT2D eigenvalue weighted by Crippen LogP contribution is 2.36. The Balaban J connectivity index is 1.94. The number of alkyl halides is 3. The van der Waals surface area contributed by atoms with Crippen LogP contribution in [0.3, 0.4) is 0 Å². The highest BCUT2D eigenvalue weighted by molar-refractivity contribution is 5.93. The Morgan fingerprint density at radius 1 is 1.23 bits per heavy atom. The molecule has 2 aromatic rings. The monoisotopic (exact) mass is 366 g/mol. The van der Waals surface area contributed by atoms with E-state index < -0.39 is 28.9 Å². The Kier molecular flexibility index (Phi) is 4.76. The molecule has 138 valence electrons. The zero-order valence-electron chi connectivity index (χ0n) is 13.7. The number of aromatic amines is 1. The number of ether oxygens (including phenoxy) is 1. The average molecular weight is 366 g/mol. The molecular formula is C18H17F3N2O3. The van der Waals surface area contributed by atoms with Crippen LogP contribution in [0, 0.1) is 5.92 Å². The van der Waals surface area contributed by atoms with Crippen LogP contribution in [0.25, 0.3) is 11.1 Å². The predicted octanol–water partition coefficient (Wildman–Crippen LogP) is 3.34. The third kappa shape index (κ3) is 3.74. The van der Waals surface area contributed by atoms with E-state index in [1.807, 2.05) is 0 Å². The Morgan fingerprint density at radius 2 is 1.88 bits per heavy atom. The summed E-state index contributed by atoms with van der Waals surface area (Å²) in [4.78, 5) is 24.7. The summed E-state index contributed by atoms with van der Waals surface area (Å²) >= 11 is 0. The maximum atomic E-state index is 13.3. The van der Waals surface area contributed by atoms with Crippen molar-refractivity contribution in [1.29, 1.82) is 0 Å². The number of primary amides is 1. The summed E-state index contributed by atoms with van der Waals surface area (Å²) in [5, 5.41) is 0. The molecule has 0 aliphatic heterocycles. The first-order chi connectivity index (χ1) is 12.3. The standard InChI is InChI=1S/C18H17F3N2O3/c19-18(20,21)15-13(8-14(16(22)24)17(25)23-15)11-4-6-12(7-5-11)26-9-10-2-1-3-10/h4-8,10H,1-3,9H2,(H2,22,24)(H,23,25). The minimum atomic E-state index is -4.79. The highest BCUT2D eigenvalue weighted by Gasteiger charge is 2.36. The molecule has 0 unspecified atom stereocenters. The molecule has 1 aromatic heterocycles. The molecule has 0 saturated heterocycles. The van der Waals surface area contributed by atoms with Gasteiger partial charge in [0.15, 0.2) is 0 Å². The zero-order valence-corrected chi connectivity index (χ0v) is 13.7. The SMILES string of the molecule is NC(=O)c1cc(-c2ccc(OCC3CCC3)cc2)c(C(F)(F)F)[nH]c1=O. The first kappa shape index (κ1) is 18.0. The number of pyridine rings is 1. The van der Waals surface area contributed by atoms with Gasteiger partial charge in [-0.3, -0.25) is 9.59 Å². The average Bonchev–Trinajstić information content (AvgIpc) is 2.53. The van der Waals surface area contributed by atoms with Crippen LogP contribution in [0.2, 0.25) is 0 Å². The molecule has 1 heterocycles. The van der Waals surface area contributed by atoms with Gasteiger partial charge >= 0.3 is 6.18 Å². The lowest BCUT2D eigenvalue weighted by molar-refractivity contribution is -0.140. The van der Waals surface area contributed by atoms with Gasteiger partial charge in [-0.25, -0.2) is 0 Å². The number of hydrogen-bond donors (Lipinski definition) is 2. The lowest BCUT2D eigenvalue weighted by atomic mass is 9.86. The molecule has 1 saturated carbocycles. The molecule has 1 aliphatic rings. The quantitative estimate of drug-likeness (QED) is 0.851. The fourth-order valence-electron chi connectivity index (χ4n) is 2.77. The second kappa shape index (κ2) is 6.86. The molecule has 0 bridgehead atoms. The summed E-state index contributed by atoms with van der Waals surface area (Å²) in [6.07, 6.45) is -1.34. The molecule has 1 fully saturated rings. The summed E-state index contributed by atoms with van der Waals surface area (Å²) < 4.78 is 45.4. The lowest BCUT2D eigenvalue weighted by Crippen LogP contribution is -2.27. The van der Waals surface area contributed by atoms with Crippen molar-refractivity contribution in [3.8, 4) is 16.9 Å². The van der Waals surface area contributed by atoms with E-state index in [1.54, 1.807) is 17.1 Å². The summed E-state index contributed by atoms with van der Waals surface area (Å²) in [6.45, 7) is 0.581. The number of rotatable bonds is 5. The second-order valence-corrected chi connectivity index (χ2v) is 6.30. The van der Waals surface area contributed by atoms with Gasteiger partial charge in [0.25, 0.3) is 11.5 Å². The van der Waals surface area contributed by atoms with Gasteiger partial charge in [0.1, 0.15) is 17.0 Å². The number of nitrogens with one attached hydrogen (secondary N) is 1. The van der Waals surface area contributed by atoms with Crippen LogP contribution in [0.5, 0.6) is 5.75 Å². The van der Waals surface area contributed by atoms with E-state index in [0.29, 0.717) is 18.3 Å². The number of H-pyrrole nitrogens is 1. The Bertz CT molecular complexity index is 869. The predicted molar refractivity (Wildman–Crippen MR) is 88.9 cm³/mol. The van der Waals surface area contributed by atoms with Gasteiger partial charge in [0.05, 0.1) is 6.61 Å². The van der Waals surface area contributed by atoms with E-state index in [9.17, 15) is 22.8 Å². The molecule has 1 amide bonds. The van der Waals surface area contributed by atoms with Crippen LogP contribution < -0.4 is 16.0 Å². The first-order valence-electron chi connectivity index (χ1n) is 8.13. The maximum absolute atomic E-state index is 13.3. The van der Waals surface area contributed by atoms with Crippen LogP contribution in [-0.2, 0) is 6.18 Å². The van der Waals surface area contributed by atoms with Gasteiger partial charge in [-0.05, 0) is 42.5 Å². The van der Waals surface area contributed by atoms with Crippen molar-refractivity contribution < 1.29 is 22.7 Å². The fourth-order valence-corrected chi connectivity index (χ4v) is 2.77. The van der Waals surface area contributed by atoms with E-state index in [4.69, 9.17) is 10.5 Å². The molecule has 3 N–H and O–H groups in total. The molecule has 5 nitrogen and oxygen atoms in total. The third-order valence-electron chi connectivity index (χ3n) is 4.47. The molecule has 8 heteroatoms. The van der Waals surface area contributed by atoms with Crippen LogP contribution in [0.15, 0.2) is 35.1 Å². The summed E-state index contributed by atoms with van der Waals surface area (Å²) in [5.74, 6) is -0.0146. The molecular weight excluding hydrogens is 349 g/mol. The van der Waals surface area contributed by atoms with Crippen molar-refractivity contribution in [1.82, 2.24) is 4.98 Å². The van der Waals surface area contributed by atoms with Gasteiger partial charge in [-0.2, -0.15) is 13.2 Å². The lowest BCUT2D eigenvalue weighted by Gasteiger charge is -2.25. The van der Waals surface area contributed by atoms with E-state index in [-0.39, 0.29) is 11.1 Å². The normalized spacial score (nSPS) is 14.7. The van der Waals surface area contributed by atoms with E-state index in [1.165, 1.54) is 18.6 Å². The van der Waals surface area contributed by atoms with Gasteiger partial charge < -0.3 is 15.5 Å². The van der Waals surface area contributed by atoms with Crippen LogP contribution >= 0.6 is 0 Å². The summed E-state index contributed by atoms with van der Waals surface area (Å²) in [7, 11) is 0. The Morgan fingerprint density at radius 3 is 2.38 bits per heavy atom. The van der Waals surface area contributed by atoms with Crippen molar-refractivity contribution >= 4 is 5.91 Å². The van der Waals surface area contributed by atoms with Crippen molar-refractivity contribution in [3.63, 3.8) is 0 Å². The van der Waals surface area contributed by atoms with Crippen LogP contribution in [0.4, 0.5) is 13.2 Å². The molecule has 26 heavy (non-hydrogen) atoms. The smallest absolute Gasteiger partial charge is 0.431 e. The first-order valence-corrected chi connectivity index (χ1v) is 8.13. The van der Waals surface area contributed by atoms with Crippen molar-refractivity contribution in [2.45, 2.75) is 25.4 Å². The number of carbonyl (C=O) groups is 1. The number of amides is 1. The molecule has 1 aliphatic carbocycles. The molecule has 0 radical (unpaired) electrons. The van der Waals surface area contributed by atoms with Gasteiger partial charge in [0.2, 0.25) is 0 Å². The Labute approximate surface area is 147 Å². The van der Waals surface area contributed by atoms with Gasteiger partial charge in [-0.15, -0.1) is 0 Å². The third-order valence-corrected chi connectivity index (χ3v) is 4.47. The number of aromatic nitrogens is 1. The van der Waals surface area contributed by atoms with Crippen LogP contribution in [0.1, 0.15) is 35.3 Å².